The van der Waals surface area contributed by atoms with Crippen molar-refractivity contribution in [3.05, 3.63) is 30.4 Å². The van der Waals surface area contributed by atoms with Gasteiger partial charge in [0.05, 0.1) is 23.5 Å². The largest absolute Gasteiger partial charge is 0.341 e. The summed E-state index contributed by atoms with van der Waals surface area (Å²) in [6.07, 6.45) is 1.63. The van der Waals surface area contributed by atoms with Crippen LogP contribution in [0, 0.1) is 6.92 Å². The van der Waals surface area contributed by atoms with Crippen LogP contribution in [0.3, 0.4) is 0 Å². The van der Waals surface area contributed by atoms with Crippen molar-refractivity contribution in [2.75, 3.05) is 17.7 Å². The fraction of sp³-hybridized carbons (Fsp3) is 0.200. The summed E-state index contributed by atoms with van der Waals surface area (Å²) >= 11 is 1.56. The maximum absolute atomic E-state index is 11.8. The molecule has 3 heterocycles. The highest BCUT2D eigenvalue weighted by molar-refractivity contribution is 8.00. The number of hydrogen-bond donors (Lipinski definition) is 1. The Bertz CT molecular complexity index is 904. The number of rotatable bonds is 1. The van der Waals surface area contributed by atoms with Crippen LogP contribution < -0.4 is 4.90 Å². The molecule has 1 N–H and O–H groups in total. The highest BCUT2D eigenvalue weighted by Crippen LogP contribution is 2.37. The lowest BCUT2D eigenvalue weighted by molar-refractivity contribution is -0.116. The van der Waals surface area contributed by atoms with Crippen LogP contribution in [0.1, 0.15) is 5.82 Å². The number of aromatic nitrogens is 4. The Labute approximate surface area is 131 Å². The van der Waals surface area contributed by atoms with Crippen molar-refractivity contribution in [2.45, 2.75) is 11.8 Å². The number of H-pyrrole nitrogens is 1. The first-order chi connectivity index (χ1) is 10.6. The fourth-order valence-corrected chi connectivity index (χ4v) is 3.61. The zero-order valence-electron chi connectivity index (χ0n) is 12.1. The number of anilines is 1. The van der Waals surface area contributed by atoms with Crippen molar-refractivity contribution >= 4 is 34.5 Å². The SMILES string of the molecule is Cc1nc(-c2ccc3c(c2)SCC(=O)N3C)c2[nH]cnc2n1. The van der Waals surface area contributed by atoms with Gasteiger partial charge in [0.15, 0.2) is 5.65 Å². The minimum absolute atomic E-state index is 0.124. The Morgan fingerprint density at radius 1 is 1.32 bits per heavy atom. The number of nitrogens with zero attached hydrogens (tertiary/aromatic N) is 4. The van der Waals surface area contributed by atoms with E-state index in [1.165, 1.54) is 0 Å². The van der Waals surface area contributed by atoms with E-state index in [2.05, 4.69) is 26.0 Å². The summed E-state index contributed by atoms with van der Waals surface area (Å²) in [4.78, 5) is 30.7. The zero-order chi connectivity index (χ0) is 15.3. The van der Waals surface area contributed by atoms with Gasteiger partial charge in [0.25, 0.3) is 0 Å². The number of thioether (sulfide) groups is 1. The Balaban J connectivity index is 1.89. The van der Waals surface area contributed by atoms with Crippen molar-refractivity contribution < 1.29 is 4.79 Å². The molecule has 0 aliphatic carbocycles. The number of carbonyl (C=O) groups is 1. The molecule has 110 valence electrons. The molecule has 6 nitrogen and oxygen atoms in total. The molecule has 1 aliphatic rings. The summed E-state index contributed by atoms with van der Waals surface area (Å²) in [5, 5.41) is 0. The molecule has 0 saturated heterocycles. The van der Waals surface area contributed by atoms with E-state index in [9.17, 15) is 4.79 Å². The molecular formula is C15H13N5OS. The van der Waals surface area contributed by atoms with Gasteiger partial charge in [-0.1, -0.05) is 6.07 Å². The van der Waals surface area contributed by atoms with Gasteiger partial charge in [-0.25, -0.2) is 15.0 Å². The molecule has 7 heteroatoms. The number of carbonyl (C=O) groups excluding carboxylic acids is 1. The third kappa shape index (κ3) is 1.97. The van der Waals surface area contributed by atoms with Crippen LogP contribution in [0.15, 0.2) is 29.4 Å². The maximum atomic E-state index is 11.8. The first-order valence-corrected chi connectivity index (χ1v) is 7.83. The molecule has 0 unspecified atom stereocenters. The second-order valence-electron chi connectivity index (χ2n) is 5.14. The van der Waals surface area contributed by atoms with Crippen molar-refractivity contribution in [3.8, 4) is 11.3 Å². The molecule has 1 aromatic carbocycles. The molecule has 4 rings (SSSR count). The third-order valence-corrected chi connectivity index (χ3v) is 4.75. The summed E-state index contributed by atoms with van der Waals surface area (Å²) in [5.41, 5.74) is 4.27. The normalized spacial score (nSPS) is 14.5. The van der Waals surface area contributed by atoms with Gasteiger partial charge < -0.3 is 9.88 Å². The summed E-state index contributed by atoms with van der Waals surface area (Å²) in [6, 6.07) is 6.02. The monoisotopic (exact) mass is 311 g/mol. The number of fused-ring (bicyclic) bond motifs is 2. The summed E-state index contributed by atoms with van der Waals surface area (Å²) < 4.78 is 0. The molecule has 0 spiro atoms. The molecule has 0 atom stereocenters. The lowest BCUT2D eigenvalue weighted by atomic mass is 10.1. The van der Waals surface area contributed by atoms with Gasteiger partial charge in [0.1, 0.15) is 11.3 Å². The summed E-state index contributed by atoms with van der Waals surface area (Å²) in [7, 11) is 1.81. The van der Waals surface area contributed by atoms with E-state index in [-0.39, 0.29) is 5.91 Å². The average Bonchev–Trinajstić information content (AvgIpc) is 2.98. The van der Waals surface area contributed by atoms with Gasteiger partial charge in [0, 0.05) is 17.5 Å². The van der Waals surface area contributed by atoms with E-state index in [1.807, 2.05) is 26.1 Å². The molecule has 3 aromatic rings. The van der Waals surface area contributed by atoms with Gasteiger partial charge in [-0.2, -0.15) is 0 Å². The molecule has 0 saturated carbocycles. The van der Waals surface area contributed by atoms with Crippen LogP contribution in [0.25, 0.3) is 22.4 Å². The van der Waals surface area contributed by atoms with Gasteiger partial charge in [-0.3, -0.25) is 4.79 Å². The Hall–Kier alpha value is -2.41. The number of aromatic amines is 1. The van der Waals surface area contributed by atoms with Crippen molar-refractivity contribution in [1.29, 1.82) is 0 Å². The van der Waals surface area contributed by atoms with Gasteiger partial charge in [-0.15, -0.1) is 11.8 Å². The Morgan fingerprint density at radius 3 is 3.05 bits per heavy atom. The molecule has 1 amide bonds. The molecule has 1 aliphatic heterocycles. The molecule has 22 heavy (non-hydrogen) atoms. The highest BCUT2D eigenvalue weighted by Gasteiger charge is 2.22. The van der Waals surface area contributed by atoms with Crippen molar-refractivity contribution in [1.82, 2.24) is 19.9 Å². The quantitative estimate of drug-likeness (QED) is 0.747. The molecule has 0 bridgehead atoms. The van der Waals surface area contributed by atoms with E-state index < -0.39 is 0 Å². The minimum atomic E-state index is 0.124. The zero-order valence-corrected chi connectivity index (χ0v) is 12.9. The fourth-order valence-electron chi connectivity index (χ4n) is 2.58. The maximum Gasteiger partial charge on any atom is 0.237 e. The predicted octanol–water partition coefficient (Wildman–Crippen LogP) is 2.40. The number of benzene rings is 1. The average molecular weight is 311 g/mol. The summed E-state index contributed by atoms with van der Waals surface area (Å²) in [6.45, 7) is 1.86. The molecule has 2 aromatic heterocycles. The van der Waals surface area contributed by atoms with E-state index >= 15 is 0 Å². The summed E-state index contributed by atoms with van der Waals surface area (Å²) in [5.74, 6) is 1.28. The standard InChI is InChI=1S/C15H13N5OS/c1-8-18-13(14-15(19-8)17-7-16-14)9-3-4-10-11(5-9)22-6-12(21)20(10)2/h3-5,7H,6H2,1-2H3,(H,16,17,18,19). The van der Waals surface area contributed by atoms with Crippen LogP contribution in [0.2, 0.25) is 0 Å². The highest BCUT2D eigenvalue weighted by atomic mass is 32.2. The Morgan fingerprint density at radius 2 is 2.18 bits per heavy atom. The number of amides is 1. The third-order valence-electron chi connectivity index (χ3n) is 3.72. The molecule has 0 radical (unpaired) electrons. The topological polar surface area (TPSA) is 74.8 Å². The van der Waals surface area contributed by atoms with E-state index in [1.54, 1.807) is 23.0 Å². The first kappa shape index (κ1) is 13.3. The van der Waals surface area contributed by atoms with Gasteiger partial charge in [0.2, 0.25) is 5.91 Å². The number of hydrogen-bond acceptors (Lipinski definition) is 5. The lowest BCUT2D eigenvalue weighted by Gasteiger charge is -2.25. The predicted molar refractivity (Wildman–Crippen MR) is 86.0 cm³/mol. The minimum Gasteiger partial charge on any atom is -0.341 e. The van der Waals surface area contributed by atoms with Crippen LogP contribution in [0.4, 0.5) is 5.69 Å². The smallest absolute Gasteiger partial charge is 0.237 e. The van der Waals surface area contributed by atoms with Crippen LogP contribution >= 0.6 is 11.8 Å². The second kappa shape index (κ2) is 4.81. The lowest BCUT2D eigenvalue weighted by Crippen LogP contribution is -2.31. The number of aryl methyl sites for hydroxylation is 1. The molecular weight excluding hydrogens is 298 g/mol. The molecule has 0 fully saturated rings. The van der Waals surface area contributed by atoms with Crippen molar-refractivity contribution in [2.24, 2.45) is 0 Å². The number of nitrogens with one attached hydrogen (secondary N) is 1. The van der Waals surface area contributed by atoms with Crippen LogP contribution in [0.5, 0.6) is 0 Å². The van der Waals surface area contributed by atoms with Crippen LogP contribution in [-0.4, -0.2) is 38.6 Å². The van der Waals surface area contributed by atoms with E-state index in [0.29, 0.717) is 17.2 Å². The first-order valence-electron chi connectivity index (χ1n) is 6.85. The van der Waals surface area contributed by atoms with Crippen LogP contribution in [-0.2, 0) is 4.79 Å². The van der Waals surface area contributed by atoms with Gasteiger partial charge >= 0.3 is 0 Å². The Kier molecular flexibility index (Phi) is 2.90. The van der Waals surface area contributed by atoms with Gasteiger partial charge in [-0.05, 0) is 19.1 Å². The van der Waals surface area contributed by atoms with E-state index in [4.69, 9.17) is 0 Å². The van der Waals surface area contributed by atoms with E-state index in [0.717, 1.165) is 27.4 Å². The second-order valence-corrected chi connectivity index (χ2v) is 6.16. The van der Waals surface area contributed by atoms with Crippen molar-refractivity contribution in [3.63, 3.8) is 0 Å². The number of imidazole rings is 1.